The van der Waals surface area contributed by atoms with Gasteiger partial charge in [0.05, 0.1) is 26.9 Å². The Labute approximate surface area is 145 Å². The minimum absolute atomic E-state index is 0.199. The molecule has 6 heteroatoms. The second-order valence-electron chi connectivity index (χ2n) is 4.84. The summed E-state index contributed by atoms with van der Waals surface area (Å²) < 4.78 is 21.1. The number of esters is 1. The third-order valence-electron chi connectivity index (χ3n) is 3.43. The summed E-state index contributed by atoms with van der Waals surface area (Å²) >= 11 is 1.66. The van der Waals surface area contributed by atoms with Crippen molar-refractivity contribution in [2.24, 2.45) is 0 Å². The summed E-state index contributed by atoms with van der Waals surface area (Å²) in [5.74, 6) is 0.800. The van der Waals surface area contributed by atoms with E-state index in [-0.39, 0.29) is 6.61 Å². The van der Waals surface area contributed by atoms with Crippen LogP contribution in [0.15, 0.2) is 41.3 Å². The number of hydrogen-bond acceptors (Lipinski definition) is 6. The molecular weight excluding hydrogens is 328 g/mol. The highest BCUT2D eigenvalue weighted by Crippen LogP contribution is 2.38. The van der Waals surface area contributed by atoms with Gasteiger partial charge >= 0.3 is 5.97 Å². The summed E-state index contributed by atoms with van der Waals surface area (Å²) in [7, 11) is 4.51. The van der Waals surface area contributed by atoms with Crippen molar-refractivity contribution in [3.63, 3.8) is 0 Å². The number of rotatable bonds is 7. The molecule has 0 aliphatic heterocycles. The molecule has 5 nitrogen and oxygen atoms in total. The molecule has 0 N–H and O–H groups in total. The molecule has 128 valence electrons. The smallest absolute Gasteiger partial charge is 0.338 e. The van der Waals surface area contributed by atoms with Gasteiger partial charge in [-0.2, -0.15) is 0 Å². The molecule has 0 fully saturated rings. The zero-order chi connectivity index (χ0) is 17.5. The van der Waals surface area contributed by atoms with Crippen molar-refractivity contribution in [2.45, 2.75) is 11.5 Å². The maximum atomic E-state index is 12.3. The molecule has 0 saturated carbocycles. The zero-order valence-corrected chi connectivity index (χ0v) is 14.9. The average Bonchev–Trinajstić information content (AvgIpc) is 2.65. The SMILES string of the molecule is COc1cc(C(=O)OCc2ccc(SC)cc2)cc(OC)c1OC. The van der Waals surface area contributed by atoms with Crippen LogP contribution in [0.25, 0.3) is 0 Å². The van der Waals surface area contributed by atoms with Gasteiger partial charge in [0, 0.05) is 4.90 Å². The van der Waals surface area contributed by atoms with E-state index >= 15 is 0 Å². The van der Waals surface area contributed by atoms with E-state index in [0.29, 0.717) is 22.8 Å². The highest BCUT2D eigenvalue weighted by molar-refractivity contribution is 7.98. The maximum Gasteiger partial charge on any atom is 0.338 e. The van der Waals surface area contributed by atoms with Gasteiger partial charge in [-0.15, -0.1) is 11.8 Å². The highest BCUT2D eigenvalue weighted by atomic mass is 32.2. The number of ether oxygens (including phenoxy) is 4. The van der Waals surface area contributed by atoms with Crippen LogP contribution in [0, 0.1) is 0 Å². The first-order valence-corrected chi connectivity index (χ1v) is 8.45. The van der Waals surface area contributed by atoms with Crippen molar-refractivity contribution in [3.05, 3.63) is 47.5 Å². The molecule has 0 amide bonds. The van der Waals surface area contributed by atoms with Gasteiger partial charge in [-0.05, 0) is 36.1 Å². The van der Waals surface area contributed by atoms with Crippen LogP contribution >= 0.6 is 11.8 Å². The van der Waals surface area contributed by atoms with Crippen LogP contribution in [0.5, 0.6) is 17.2 Å². The van der Waals surface area contributed by atoms with Gasteiger partial charge in [-0.3, -0.25) is 0 Å². The number of methoxy groups -OCH3 is 3. The van der Waals surface area contributed by atoms with E-state index in [1.807, 2.05) is 30.5 Å². The molecule has 24 heavy (non-hydrogen) atoms. The standard InChI is InChI=1S/C18H20O5S/c1-20-15-9-13(10-16(21-2)17(15)22-3)18(19)23-11-12-5-7-14(24-4)8-6-12/h5-10H,11H2,1-4H3. The lowest BCUT2D eigenvalue weighted by Crippen LogP contribution is -2.07. The lowest BCUT2D eigenvalue weighted by atomic mass is 10.2. The third-order valence-corrected chi connectivity index (χ3v) is 4.17. The molecule has 0 unspecified atom stereocenters. The molecule has 0 atom stereocenters. The lowest BCUT2D eigenvalue weighted by Gasteiger charge is -2.13. The molecule has 0 aliphatic rings. The Hall–Kier alpha value is -2.34. The summed E-state index contributed by atoms with van der Waals surface area (Å²) in [4.78, 5) is 13.5. The molecule has 0 bridgehead atoms. The van der Waals surface area contributed by atoms with Crippen molar-refractivity contribution in [3.8, 4) is 17.2 Å². The van der Waals surface area contributed by atoms with Crippen molar-refractivity contribution < 1.29 is 23.7 Å². The summed E-state index contributed by atoms with van der Waals surface area (Å²) in [6, 6.07) is 11.0. The number of carbonyl (C=O) groups is 1. The molecule has 0 radical (unpaired) electrons. The van der Waals surface area contributed by atoms with Gasteiger partial charge in [0.1, 0.15) is 6.61 Å². The number of hydrogen-bond donors (Lipinski definition) is 0. The first kappa shape index (κ1) is 18.0. The van der Waals surface area contributed by atoms with Crippen LogP contribution in [0.1, 0.15) is 15.9 Å². The van der Waals surface area contributed by atoms with Crippen molar-refractivity contribution in [1.29, 1.82) is 0 Å². The largest absolute Gasteiger partial charge is 0.493 e. The van der Waals surface area contributed by atoms with Crippen LogP contribution in [0.2, 0.25) is 0 Å². The second-order valence-corrected chi connectivity index (χ2v) is 5.72. The zero-order valence-electron chi connectivity index (χ0n) is 14.1. The van der Waals surface area contributed by atoms with Gasteiger partial charge in [0.25, 0.3) is 0 Å². The fraction of sp³-hybridized carbons (Fsp3) is 0.278. The lowest BCUT2D eigenvalue weighted by molar-refractivity contribution is 0.0471. The van der Waals surface area contributed by atoms with Gasteiger partial charge in [0.2, 0.25) is 5.75 Å². The van der Waals surface area contributed by atoms with Gasteiger partial charge in [-0.1, -0.05) is 12.1 Å². The fourth-order valence-corrected chi connectivity index (χ4v) is 2.56. The highest BCUT2D eigenvalue weighted by Gasteiger charge is 2.17. The number of thioether (sulfide) groups is 1. The first-order valence-electron chi connectivity index (χ1n) is 7.23. The molecule has 2 rings (SSSR count). The van der Waals surface area contributed by atoms with Crippen LogP contribution in [-0.4, -0.2) is 33.6 Å². The Bertz CT molecular complexity index is 672. The summed E-state index contributed by atoms with van der Waals surface area (Å²) in [6.45, 7) is 0.199. The quantitative estimate of drug-likeness (QED) is 0.560. The van der Waals surface area contributed by atoms with Crippen molar-refractivity contribution >= 4 is 17.7 Å². The van der Waals surface area contributed by atoms with Crippen molar-refractivity contribution in [2.75, 3.05) is 27.6 Å². The van der Waals surface area contributed by atoms with Gasteiger partial charge in [-0.25, -0.2) is 4.79 Å². The molecule has 0 heterocycles. The molecule has 0 spiro atoms. The summed E-state index contributed by atoms with van der Waals surface area (Å²) in [5, 5.41) is 0. The Morgan fingerprint density at radius 2 is 1.54 bits per heavy atom. The Morgan fingerprint density at radius 3 is 2.00 bits per heavy atom. The Kier molecular flexibility index (Phi) is 6.37. The summed E-state index contributed by atoms with van der Waals surface area (Å²) in [6.07, 6.45) is 2.01. The fourth-order valence-electron chi connectivity index (χ4n) is 2.15. The van der Waals surface area contributed by atoms with Crippen LogP contribution in [0.3, 0.4) is 0 Å². The Morgan fingerprint density at radius 1 is 0.958 bits per heavy atom. The van der Waals surface area contributed by atoms with E-state index in [0.717, 1.165) is 10.5 Å². The maximum absolute atomic E-state index is 12.3. The number of benzene rings is 2. The molecule has 0 aromatic heterocycles. The minimum Gasteiger partial charge on any atom is -0.493 e. The van der Waals surface area contributed by atoms with E-state index < -0.39 is 5.97 Å². The molecule has 2 aromatic rings. The third kappa shape index (κ3) is 4.14. The van der Waals surface area contributed by atoms with Crippen LogP contribution in [0.4, 0.5) is 0 Å². The average molecular weight is 348 g/mol. The van der Waals surface area contributed by atoms with Crippen LogP contribution in [-0.2, 0) is 11.3 Å². The first-order chi connectivity index (χ1) is 11.6. The molecule has 0 aliphatic carbocycles. The molecule has 2 aromatic carbocycles. The van der Waals surface area contributed by atoms with E-state index in [4.69, 9.17) is 18.9 Å². The molecular formula is C18H20O5S. The molecule has 0 saturated heterocycles. The van der Waals surface area contributed by atoms with E-state index in [2.05, 4.69) is 0 Å². The minimum atomic E-state index is -0.455. The Balaban J connectivity index is 2.13. The summed E-state index contributed by atoms with van der Waals surface area (Å²) in [5.41, 5.74) is 1.26. The normalized spacial score (nSPS) is 10.2. The number of carbonyl (C=O) groups excluding carboxylic acids is 1. The van der Waals surface area contributed by atoms with E-state index in [1.165, 1.54) is 21.3 Å². The van der Waals surface area contributed by atoms with Crippen LogP contribution < -0.4 is 14.2 Å². The predicted molar refractivity (Wildman–Crippen MR) is 93.4 cm³/mol. The van der Waals surface area contributed by atoms with E-state index in [1.54, 1.807) is 23.9 Å². The monoisotopic (exact) mass is 348 g/mol. The predicted octanol–water partition coefficient (Wildman–Crippen LogP) is 3.79. The van der Waals surface area contributed by atoms with Gasteiger partial charge in [0.15, 0.2) is 11.5 Å². The van der Waals surface area contributed by atoms with Gasteiger partial charge < -0.3 is 18.9 Å². The topological polar surface area (TPSA) is 54.0 Å². The van der Waals surface area contributed by atoms with Crippen molar-refractivity contribution in [1.82, 2.24) is 0 Å². The van der Waals surface area contributed by atoms with E-state index in [9.17, 15) is 4.79 Å². The second kappa shape index (κ2) is 8.49.